The number of halogens is 3. The van der Waals surface area contributed by atoms with E-state index in [1.165, 1.54) is 6.92 Å². The topological polar surface area (TPSA) is 91.0 Å². The summed E-state index contributed by atoms with van der Waals surface area (Å²) in [6.07, 6.45) is -3.78. The molecule has 0 aliphatic carbocycles. The lowest BCUT2D eigenvalue weighted by molar-refractivity contribution is -0.386. The quantitative estimate of drug-likeness (QED) is 0.600. The largest absolute Gasteiger partial charge is 0.418 e. The number of hydrogen-bond donors (Lipinski definition) is 1. The molecule has 0 fully saturated rings. The minimum atomic E-state index is -4.62. The maximum Gasteiger partial charge on any atom is 0.418 e. The molecular weight excluding hydrogens is 227 g/mol. The molecular formula is C8H10F3N3O2. The van der Waals surface area contributed by atoms with Gasteiger partial charge in [-0.25, -0.2) is 0 Å². The first-order chi connectivity index (χ1) is 6.75. The lowest BCUT2D eigenvalue weighted by atomic mass is 10.1. The Kier molecular flexibility index (Phi) is 3.96. The molecule has 0 radical (unpaired) electrons. The molecule has 0 amide bonds. The first kappa shape index (κ1) is 14.3. The second-order valence-electron chi connectivity index (χ2n) is 2.98. The summed E-state index contributed by atoms with van der Waals surface area (Å²) in [6, 6.07) is 0. The molecule has 3 N–H and O–H groups in total. The standard InChI is InChI=1S/C8H7F3N2O2.H3N/c1-4-6(13(14)15)3-12-5(2)7(4)8(9,10)11;/h3H,1-2H3;1H3. The van der Waals surface area contributed by atoms with E-state index in [2.05, 4.69) is 4.98 Å². The number of rotatable bonds is 1. The number of alkyl halides is 3. The van der Waals surface area contributed by atoms with Gasteiger partial charge < -0.3 is 6.15 Å². The molecule has 1 aromatic rings. The van der Waals surface area contributed by atoms with Crippen LogP contribution in [0.2, 0.25) is 0 Å². The van der Waals surface area contributed by atoms with E-state index in [1.807, 2.05) is 0 Å². The molecule has 0 spiro atoms. The SMILES string of the molecule is Cc1ncc([N+](=O)[O-])c(C)c1C(F)(F)F.N. The molecule has 0 unspecified atom stereocenters. The average molecular weight is 237 g/mol. The molecule has 0 atom stereocenters. The van der Waals surface area contributed by atoms with E-state index in [9.17, 15) is 23.3 Å². The van der Waals surface area contributed by atoms with E-state index >= 15 is 0 Å². The van der Waals surface area contributed by atoms with Gasteiger partial charge in [0.25, 0.3) is 5.69 Å². The second kappa shape index (κ2) is 4.44. The molecule has 5 nitrogen and oxygen atoms in total. The molecule has 1 rings (SSSR count). The van der Waals surface area contributed by atoms with E-state index in [1.54, 1.807) is 0 Å². The highest BCUT2D eigenvalue weighted by Crippen LogP contribution is 2.36. The maximum atomic E-state index is 12.5. The lowest BCUT2D eigenvalue weighted by Crippen LogP contribution is -2.12. The monoisotopic (exact) mass is 237 g/mol. The smallest absolute Gasteiger partial charge is 0.344 e. The predicted octanol–water partition coefficient (Wildman–Crippen LogP) is 2.79. The van der Waals surface area contributed by atoms with Crippen molar-refractivity contribution < 1.29 is 18.1 Å². The third-order valence-electron chi connectivity index (χ3n) is 1.98. The summed E-state index contributed by atoms with van der Waals surface area (Å²) < 4.78 is 37.5. The Labute approximate surface area is 89.0 Å². The van der Waals surface area contributed by atoms with Crippen LogP contribution in [-0.2, 0) is 6.18 Å². The van der Waals surface area contributed by atoms with E-state index < -0.39 is 27.9 Å². The molecule has 1 aromatic heterocycles. The molecule has 0 aliphatic heterocycles. The van der Waals surface area contributed by atoms with Crippen molar-refractivity contribution in [1.82, 2.24) is 11.1 Å². The van der Waals surface area contributed by atoms with Gasteiger partial charge in [0.1, 0.15) is 6.20 Å². The Morgan fingerprint density at radius 3 is 2.25 bits per heavy atom. The van der Waals surface area contributed by atoms with Gasteiger partial charge in [0.15, 0.2) is 0 Å². The molecule has 16 heavy (non-hydrogen) atoms. The number of hydrogen-bond acceptors (Lipinski definition) is 4. The maximum absolute atomic E-state index is 12.5. The lowest BCUT2D eigenvalue weighted by Gasteiger charge is -2.11. The van der Waals surface area contributed by atoms with Crippen LogP contribution in [0.15, 0.2) is 6.20 Å². The first-order valence-corrected chi connectivity index (χ1v) is 3.93. The summed E-state index contributed by atoms with van der Waals surface area (Å²) in [5.74, 6) is 0. The van der Waals surface area contributed by atoms with Crippen LogP contribution in [0.1, 0.15) is 16.8 Å². The number of nitro groups is 1. The molecule has 1 heterocycles. The van der Waals surface area contributed by atoms with Crippen LogP contribution in [0, 0.1) is 24.0 Å². The highest BCUT2D eigenvalue weighted by molar-refractivity contribution is 5.45. The van der Waals surface area contributed by atoms with Crippen LogP contribution < -0.4 is 6.15 Å². The minimum Gasteiger partial charge on any atom is -0.344 e. The molecule has 0 saturated heterocycles. The fraction of sp³-hybridized carbons (Fsp3) is 0.375. The molecule has 8 heteroatoms. The number of aryl methyl sites for hydroxylation is 1. The van der Waals surface area contributed by atoms with Crippen molar-refractivity contribution in [2.75, 3.05) is 0 Å². The zero-order valence-corrected chi connectivity index (χ0v) is 8.63. The van der Waals surface area contributed by atoms with Crippen molar-refractivity contribution in [1.29, 1.82) is 0 Å². The van der Waals surface area contributed by atoms with Crippen LogP contribution >= 0.6 is 0 Å². The van der Waals surface area contributed by atoms with Gasteiger partial charge in [-0.3, -0.25) is 15.1 Å². The Morgan fingerprint density at radius 2 is 1.88 bits per heavy atom. The van der Waals surface area contributed by atoms with Crippen LogP contribution in [0.25, 0.3) is 0 Å². The number of aromatic nitrogens is 1. The predicted molar refractivity (Wildman–Crippen MR) is 50.4 cm³/mol. The summed E-state index contributed by atoms with van der Waals surface area (Å²) in [4.78, 5) is 12.9. The summed E-state index contributed by atoms with van der Waals surface area (Å²) in [7, 11) is 0. The van der Waals surface area contributed by atoms with Gasteiger partial charge >= 0.3 is 6.18 Å². The molecule has 0 bridgehead atoms. The van der Waals surface area contributed by atoms with Crippen LogP contribution in [0.3, 0.4) is 0 Å². The van der Waals surface area contributed by atoms with Gasteiger partial charge in [0, 0.05) is 5.56 Å². The van der Waals surface area contributed by atoms with Crippen molar-refractivity contribution in [2.45, 2.75) is 20.0 Å². The van der Waals surface area contributed by atoms with E-state index in [-0.39, 0.29) is 11.8 Å². The fourth-order valence-electron chi connectivity index (χ4n) is 1.32. The summed E-state index contributed by atoms with van der Waals surface area (Å²) >= 11 is 0. The summed E-state index contributed by atoms with van der Waals surface area (Å²) in [6.45, 7) is 2.23. The Bertz CT molecular complexity index is 418. The van der Waals surface area contributed by atoms with Gasteiger partial charge in [-0.15, -0.1) is 0 Å². The molecule has 0 aromatic carbocycles. The van der Waals surface area contributed by atoms with Gasteiger partial charge in [-0.05, 0) is 13.8 Å². The van der Waals surface area contributed by atoms with E-state index in [4.69, 9.17) is 0 Å². The third kappa shape index (κ3) is 2.45. The van der Waals surface area contributed by atoms with E-state index in [0.29, 0.717) is 0 Å². The van der Waals surface area contributed by atoms with Gasteiger partial charge in [-0.2, -0.15) is 13.2 Å². The van der Waals surface area contributed by atoms with Crippen molar-refractivity contribution in [3.05, 3.63) is 33.1 Å². The van der Waals surface area contributed by atoms with Gasteiger partial charge in [-0.1, -0.05) is 0 Å². The highest BCUT2D eigenvalue weighted by atomic mass is 19.4. The van der Waals surface area contributed by atoms with Crippen molar-refractivity contribution in [3.63, 3.8) is 0 Å². The Hall–Kier alpha value is -1.70. The normalized spacial score (nSPS) is 10.8. The number of pyridine rings is 1. The van der Waals surface area contributed by atoms with Crippen molar-refractivity contribution in [3.8, 4) is 0 Å². The van der Waals surface area contributed by atoms with Gasteiger partial charge in [0.05, 0.1) is 16.2 Å². The minimum absolute atomic E-state index is 0. The second-order valence-corrected chi connectivity index (χ2v) is 2.98. The summed E-state index contributed by atoms with van der Waals surface area (Å²) in [5, 5.41) is 10.4. The van der Waals surface area contributed by atoms with Crippen LogP contribution in [0.5, 0.6) is 0 Å². The average Bonchev–Trinajstić information content (AvgIpc) is 2.00. The molecule has 0 aliphatic rings. The van der Waals surface area contributed by atoms with Crippen LogP contribution in [0.4, 0.5) is 18.9 Å². The zero-order chi connectivity index (χ0) is 11.8. The molecule has 90 valence electrons. The third-order valence-corrected chi connectivity index (χ3v) is 1.98. The number of nitrogens with zero attached hydrogens (tertiary/aromatic N) is 2. The highest BCUT2D eigenvalue weighted by Gasteiger charge is 2.37. The van der Waals surface area contributed by atoms with Crippen LogP contribution in [-0.4, -0.2) is 9.91 Å². The van der Waals surface area contributed by atoms with Crippen molar-refractivity contribution in [2.24, 2.45) is 0 Å². The Balaban J connectivity index is 0.00000225. The first-order valence-electron chi connectivity index (χ1n) is 3.93. The van der Waals surface area contributed by atoms with E-state index in [0.717, 1.165) is 13.1 Å². The fourth-order valence-corrected chi connectivity index (χ4v) is 1.32. The van der Waals surface area contributed by atoms with Crippen molar-refractivity contribution >= 4 is 5.69 Å². The zero-order valence-electron chi connectivity index (χ0n) is 8.63. The van der Waals surface area contributed by atoms with Gasteiger partial charge in [0.2, 0.25) is 0 Å². The Morgan fingerprint density at radius 1 is 1.38 bits per heavy atom. The summed E-state index contributed by atoms with van der Waals surface area (Å²) in [5.41, 5.74) is -2.31. The molecule has 0 saturated carbocycles.